The van der Waals surface area contributed by atoms with Gasteiger partial charge in [0.1, 0.15) is 0 Å². The summed E-state index contributed by atoms with van der Waals surface area (Å²) < 4.78 is 1.16. The summed E-state index contributed by atoms with van der Waals surface area (Å²) in [5, 5.41) is 11.4. The highest BCUT2D eigenvalue weighted by atomic mass is 79.9. The Hall–Kier alpha value is 0.140. The summed E-state index contributed by atoms with van der Waals surface area (Å²) in [6.45, 7) is 0. The van der Waals surface area contributed by atoms with E-state index in [1.165, 1.54) is 4.88 Å². The van der Waals surface area contributed by atoms with Crippen LogP contribution in [0.3, 0.4) is 0 Å². The zero-order chi connectivity index (χ0) is 7.84. The Morgan fingerprint density at radius 2 is 2.36 bits per heavy atom. The van der Waals surface area contributed by atoms with Gasteiger partial charge in [0, 0.05) is 15.3 Å². The third-order valence-electron chi connectivity index (χ3n) is 2.22. The van der Waals surface area contributed by atoms with Crippen molar-refractivity contribution in [2.45, 2.75) is 24.9 Å². The molecular weight excluding hydrogens is 224 g/mol. The fraction of sp³-hybridized carbons (Fsp3) is 0.500. The Balaban J connectivity index is 2.22. The molecule has 1 saturated carbocycles. The first-order valence-corrected chi connectivity index (χ1v) is 5.37. The highest BCUT2D eigenvalue weighted by molar-refractivity contribution is 9.10. The molecular formula is C8H9BrOS. The van der Waals surface area contributed by atoms with Crippen molar-refractivity contribution < 1.29 is 5.11 Å². The van der Waals surface area contributed by atoms with E-state index in [4.69, 9.17) is 0 Å². The Morgan fingerprint density at radius 1 is 1.55 bits per heavy atom. The third-order valence-corrected chi connectivity index (χ3v) is 4.22. The van der Waals surface area contributed by atoms with E-state index in [0.29, 0.717) is 5.92 Å². The van der Waals surface area contributed by atoms with Gasteiger partial charge in [0.05, 0.1) is 6.10 Å². The van der Waals surface area contributed by atoms with Gasteiger partial charge in [-0.3, -0.25) is 0 Å². The van der Waals surface area contributed by atoms with Crippen LogP contribution in [0.1, 0.15) is 23.6 Å². The molecule has 1 aromatic rings. The summed E-state index contributed by atoms with van der Waals surface area (Å²) in [6.07, 6.45) is 2.01. The van der Waals surface area contributed by atoms with Crippen LogP contribution < -0.4 is 0 Å². The molecule has 3 heteroatoms. The van der Waals surface area contributed by atoms with Crippen LogP contribution in [0.25, 0.3) is 0 Å². The zero-order valence-corrected chi connectivity index (χ0v) is 8.36. The lowest BCUT2D eigenvalue weighted by Crippen LogP contribution is -2.28. The first-order valence-electron chi connectivity index (χ1n) is 3.70. The fourth-order valence-corrected chi connectivity index (χ4v) is 3.22. The molecule has 2 rings (SSSR count). The van der Waals surface area contributed by atoms with Gasteiger partial charge in [-0.1, -0.05) is 0 Å². The van der Waals surface area contributed by atoms with Crippen LogP contribution in [0.4, 0.5) is 0 Å². The molecule has 0 amide bonds. The Labute approximate surface area is 78.2 Å². The number of aliphatic hydroxyl groups is 1. The monoisotopic (exact) mass is 232 g/mol. The molecule has 1 aromatic heterocycles. The molecule has 2 atom stereocenters. The second-order valence-corrected chi connectivity index (χ2v) is 4.69. The van der Waals surface area contributed by atoms with Gasteiger partial charge in [0.15, 0.2) is 0 Å². The number of rotatable bonds is 1. The molecule has 0 saturated heterocycles. The van der Waals surface area contributed by atoms with Gasteiger partial charge in [-0.25, -0.2) is 0 Å². The number of halogens is 1. The van der Waals surface area contributed by atoms with Gasteiger partial charge in [-0.05, 0) is 40.2 Å². The Kier molecular flexibility index (Phi) is 2.04. The minimum Gasteiger partial charge on any atom is -0.392 e. The van der Waals surface area contributed by atoms with Crippen molar-refractivity contribution in [3.05, 3.63) is 20.8 Å². The molecule has 11 heavy (non-hydrogen) atoms. The molecule has 1 aliphatic carbocycles. The van der Waals surface area contributed by atoms with Crippen LogP contribution in [0.15, 0.2) is 15.9 Å². The van der Waals surface area contributed by atoms with Crippen LogP contribution in [-0.4, -0.2) is 11.2 Å². The van der Waals surface area contributed by atoms with E-state index in [-0.39, 0.29) is 6.10 Å². The van der Waals surface area contributed by atoms with Crippen LogP contribution in [0.5, 0.6) is 0 Å². The van der Waals surface area contributed by atoms with Crippen molar-refractivity contribution >= 4 is 27.3 Å². The molecule has 0 spiro atoms. The second-order valence-electron chi connectivity index (χ2n) is 2.88. The van der Waals surface area contributed by atoms with Crippen molar-refractivity contribution in [1.82, 2.24) is 0 Å². The minimum absolute atomic E-state index is 0.0926. The number of hydrogen-bond acceptors (Lipinski definition) is 2. The van der Waals surface area contributed by atoms with E-state index in [9.17, 15) is 5.11 Å². The van der Waals surface area contributed by atoms with Crippen LogP contribution in [0, 0.1) is 0 Å². The summed E-state index contributed by atoms with van der Waals surface area (Å²) >= 11 is 5.20. The normalized spacial score (nSPS) is 30.0. The molecule has 60 valence electrons. The fourth-order valence-electron chi connectivity index (χ4n) is 1.36. The van der Waals surface area contributed by atoms with E-state index in [1.807, 2.05) is 6.07 Å². The first-order chi connectivity index (χ1) is 5.29. The highest BCUT2D eigenvalue weighted by Gasteiger charge is 2.32. The van der Waals surface area contributed by atoms with Crippen molar-refractivity contribution in [2.75, 3.05) is 0 Å². The van der Waals surface area contributed by atoms with Gasteiger partial charge in [-0.15, -0.1) is 11.3 Å². The minimum atomic E-state index is -0.0926. The standard InChI is InChI=1S/C8H9BrOS/c9-6-3-4-11-8(6)5-1-2-7(5)10/h3-5,7,10H,1-2H2. The molecule has 0 aromatic carbocycles. The summed E-state index contributed by atoms with van der Waals surface area (Å²) in [4.78, 5) is 1.31. The van der Waals surface area contributed by atoms with Crippen LogP contribution in [-0.2, 0) is 0 Å². The second kappa shape index (κ2) is 2.88. The third kappa shape index (κ3) is 1.25. The molecule has 1 fully saturated rings. The number of hydrogen-bond donors (Lipinski definition) is 1. The molecule has 0 aliphatic heterocycles. The number of thiophene rings is 1. The summed E-state index contributed by atoms with van der Waals surface area (Å²) in [6, 6.07) is 2.05. The van der Waals surface area contributed by atoms with Crippen molar-refractivity contribution in [2.24, 2.45) is 0 Å². The lowest BCUT2D eigenvalue weighted by molar-refractivity contribution is 0.0674. The largest absolute Gasteiger partial charge is 0.392 e. The summed E-state index contributed by atoms with van der Waals surface area (Å²) in [7, 11) is 0. The van der Waals surface area contributed by atoms with Crippen LogP contribution in [0.2, 0.25) is 0 Å². The predicted molar refractivity (Wildman–Crippen MR) is 50.0 cm³/mol. The summed E-state index contributed by atoms with van der Waals surface area (Å²) in [5.41, 5.74) is 0. The highest BCUT2D eigenvalue weighted by Crippen LogP contribution is 2.42. The first kappa shape index (κ1) is 7.77. The molecule has 1 aliphatic rings. The van der Waals surface area contributed by atoms with Gasteiger partial charge < -0.3 is 5.11 Å². The van der Waals surface area contributed by atoms with Gasteiger partial charge in [-0.2, -0.15) is 0 Å². The molecule has 2 unspecified atom stereocenters. The van der Waals surface area contributed by atoms with Crippen molar-refractivity contribution in [1.29, 1.82) is 0 Å². The van der Waals surface area contributed by atoms with E-state index in [2.05, 4.69) is 21.3 Å². The maximum atomic E-state index is 9.39. The molecule has 0 bridgehead atoms. The SMILES string of the molecule is OC1CCC1c1sccc1Br. The average Bonchev–Trinajstić information content (AvgIpc) is 2.34. The Morgan fingerprint density at radius 3 is 2.73 bits per heavy atom. The van der Waals surface area contributed by atoms with Gasteiger partial charge >= 0.3 is 0 Å². The van der Waals surface area contributed by atoms with Gasteiger partial charge in [0.2, 0.25) is 0 Å². The smallest absolute Gasteiger partial charge is 0.0617 e. The van der Waals surface area contributed by atoms with Gasteiger partial charge in [0.25, 0.3) is 0 Å². The van der Waals surface area contributed by atoms with Crippen LogP contribution >= 0.6 is 27.3 Å². The lowest BCUT2D eigenvalue weighted by atomic mass is 9.81. The predicted octanol–water partition coefficient (Wildman–Crippen LogP) is 2.75. The maximum Gasteiger partial charge on any atom is 0.0617 e. The quantitative estimate of drug-likeness (QED) is 0.790. The van der Waals surface area contributed by atoms with E-state index >= 15 is 0 Å². The Bertz CT molecular complexity index is 258. The average molecular weight is 233 g/mol. The zero-order valence-electron chi connectivity index (χ0n) is 5.96. The summed E-state index contributed by atoms with van der Waals surface area (Å²) in [5.74, 6) is 0.407. The van der Waals surface area contributed by atoms with Crippen molar-refractivity contribution in [3.8, 4) is 0 Å². The lowest BCUT2D eigenvalue weighted by Gasteiger charge is -2.31. The van der Waals surface area contributed by atoms with E-state index in [0.717, 1.165) is 17.3 Å². The van der Waals surface area contributed by atoms with E-state index in [1.54, 1.807) is 11.3 Å². The number of aliphatic hydroxyl groups excluding tert-OH is 1. The molecule has 1 heterocycles. The molecule has 0 radical (unpaired) electrons. The van der Waals surface area contributed by atoms with Crippen molar-refractivity contribution in [3.63, 3.8) is 0 Å². The molecule has 1 nitrogen and oxygen atoms in total. The maximum absolute atomic E-state index is 9.39. The molecule has 1 N–H and O–H groups in total. The topological polar surface area (TPSA) is 20.2 Å². The van der Waals surface area contributed by atoms with E-state index < -0.39 is 0 Å².